The van der Waals surface area contributed by atoms with E-state index in [0.29, 0.717) is 12.3 Å². The Hall–Kier alpha value is -2.40. The minimum atomic E-state index is 0. The third-order valence-corrected chi connectivity index (χ3v) is 2.68. The molecule has 0 fully saturated rings. The van der Waals surface area contributed by atoms with Gasteiger partial charge in [0.05, 0.1) is 6.21 Å². The first kappa shape index (κ1) is 15.7. The molecule has 0 aliphatic rings. The van der Waals surface area contributed by atoms with Gasteiger partial charge in [0.25, 0.3) is 0 Å². The Balaban J connectivity index is 0.00000200. The van der Waals surface area contributed by atoms with Crippen LogP contribution < -0.4 is 17.0 Å². The lowest BCUT2D eigenvalue weighted by Gasteiger charge is -2.01. The van der Waals surface area contributed by atoms with Gasteiger partial charge in [-0.2, -0.15) is 4.57 Å². The first-order valence-corrected chi connectivity index (χ1v) is 5.76. The molecule has 2 N–H and O–H groups in total. The molecular formula is C14H14ClN3O2. The summed E-state index contributed by atoms with van der Waals surface area (Å²) in [5.41, 5.74) is 2.24. The van der Waals surface area contributed by atoms with Gasteiger partial charge in [-0.3, -0.25) is 0 Å². The SMILES string of the molecule is O/N=C/c1cc[n+](C/C(=N/O)c2ccccc2)cc1.[Cl-]. The van der Waals surface area contributed by atoms with Gasteiger partial charge in [0.2, 0.25) is 0 Å². The van der Waals surface area contributed by atoms with E-state index in [1.54, 1.807) is 12.1 Å². The highest BCUT2D eigenvalue weighted by Gasteiger charge is 2.10. The number of hydrogen-bond acceptors (Lipinski definition) is 4. The monoisotopic (exact) mass is 291 g/mol. The molecule has 0 saturated carbocycles. The molecule has 0 atom stereocenters. The molecule has 1 aromatic carbocycles. The van der Waals surface area contributed by atoms with E-state index in [-0.39, 0.29) is 12.4 Å². The average molecular weight is 292 g/mol. The van der Waals surface area contributed by atoms with Crippen molar-refractivity contribution in [1.29, 1.82) is 0 Å². The number of rotatable bonds is 4. The zero-order valence-electron chi connectivity index (χ0n) is 10.6. The van der Waals surface area contributed by atoms with Crippen LogP contribution in [0.25, 0.3) is 0 Å². The fourth-order valence-electron chi connectivity index (χ4n) is 1.71. The number of pyridine rings is 1. The Kier molecular flexibility index (Phi) is 6.19. The van der Waals surface area contributed by atoms with Crippen molar-refractivity contribution in [3.8, 4) is 0 Å². The Bertz CT molecular complexity index is 583. The third kappa shape index (κ3) is 4.07. The summed E-state index contributed by atoms with van der Waals surface area (Å²) >= 11 is 0. The Morgan fingerprint density at radius 3 is 2.25 bits per heavy atom. The van der Waals surface area contributed by atoms with Gasteiger partial charge in [0, 0.05) is 23.3 Å². The van der Waals surface area contributed by atoms with E-state index in [1.165, 1.54) is 6.21 Å². The second-order valence-electron chi connectivity index (χ2n) is 3.96. The van der Waals surface area contributed by atoms with Crippen LogP contribution in [0.2, 0.25) is 0 Å². The molecule has 0 aliphatic carbocycles. The van der Waals surface area contributed by atoms with Crippen LogP contribution in [-0.4, -0.2) is 22.3 Å². The predicted octanol–water partition coefficient (Wildman–Crippen LogP) is -1.34. The highest BCUT2D eigenvalue weighted by Crippen LogP contribution is 2.01. The number of benzene rings is 1. The van der Waals surface area contributed by atoms with Gasteiger partial charge in [-0.05, 0) is 0 Å². The standard InChI is InChI=1S/C14H13N3O2.ClH/c18-15-10-12-6-8-17(9-7-12)11-14(16-19)13-4-2-1-3-5-13;/h1-10,19H,11H2;1H/b16-14-;. The van der Waals surface area contributed by atoms with Crippen LogP contribution in [0.4, 0.5) is 0 Å². The van der Waals surface area contributed by atoms with Gasteiger partial charge in [-0.15, -0.1) is 0 Å². The molecule has 2 aromatic rings. The lowest BCUT2D eigenvalue weighted by Crippen LogP contribution is -3.00. The van der Waals surface area contributed by atoms with Gasteiger partial charge in [-0.25, -0.2) is 0 Å². The third-order valence-electron chi connectivity index (χ3n) is 2.68. The van der Waals surface area contributed by atoms with Crippen LogP contribution >= 0.6 is 0 Å². The van der Waals surface area contributed by atoms with E-state index in [2.05, 4.69) is 10.3 Å². The van der Waals surface area contributed by atoms with Crippen molar-refractivity contribution < 1.29 is 27.4 Å². The van der Waals surface area contributed by atoms with Crippen molar-refractivity contribution in [2.24, 2.45) is 10.3 Å². The van der Waals surface area contributed by atoms with Crippen molar-refractivity contribution in [2.75, 3.05) is 0 Å². The summed E-state index contributed by atoms with van der Waals surface area (Å²) < 4.78 is 1.87. The lowest BCUT2D eigenvalue weighted by molar-refractivity contribution is -0.681. The molecule has 0 unspecified atom stereocenters. The van der Waals surface area contributed by atoms with Crippen LogP contribution in [0.15, 0.2) is 65.2 Å². The van der Waals surface area contributed by atoms with E-state index in [4.69, 9.17) is 10.4 Å². The molecule has 0 spiro atoms. The Morgan fingerprint density at radius 1 is 1.05 bits per heavy atom. The largest absolute Gasteiger partial charge is 1.00 e. The zero-order valence-corrected chi connectivity index (χ0v) is 11.4. The molecule has 1 aromatic heterocycles. The minimum absolute atomic E-state index is 0. The van der Waals surface area contributed by atoms with E-state index in [1.807, 2.05) is 47.3 Å². The van der Waals surface area contributed by atoms with Crippen LogP contribution in [-0.2, 0) is 6.54 Å². The zero-order chi connectivity index (χ0) is 13.5. The van der Waals surface area contributed by atoms with Crippen molar-refractivity contribution >= 4 is 11.9 Å². The molecule has 2 rings (SSSR count). The minimum Gasteiger partial charge on any atom is -1.00 e. The quantitative estimate of drug-likeness (QED) is 0.317. The highest BCUT2D eigenvalue weighted by atomic mass is 35.5. The van der Waals surface area contributed by atoms with Gasteiger partial charge in [0.15, 0.2) is 24.7 Å². The average Bonchev–Trinajstić information content (AvgIpc) is 2.48. The fourth-order valence-corrected chi connectivity index (χ4v) is 1.71. The molecule has 104 valence electrons. The smallest absolute Gasteiger partial charge is 0.194 e. The molecule has 1 heterocycles. The maximum absolute atomic E-state index is 9.10. The van der Waals surface area contributed by atoms with E-state index in [0.717, 1.165) is 11.1 Å². The van der Waals surface area contributed by atoms with Crippen LogP contribution in [0.3, 0.4) is 0 Å². The van der Waals surface area contributed by atoms with Crippen molar-refractivity contribution in [1.82, 2.24) is 0 Å². The van der Waals surface area contributed by atoms with Gasteiger partial charge >= 0.3 is 0 Å². The first-order chi connectivity index (χ1) is 9.33. The van der Waals surface area contributed by atoms with Gasteiger partial charge in [-0.1, -0.05) is 40.6 Å². The molecule has 5 nitrogen and oxygen atoms in total. The maximum Gasteiger partial charge on any atom is 0.194 e. The molecule has 0 radical (unpaired) electrons. The molecule has 0 bridgehead atoms. The summed E-state index contributed by atoms with van der Waals surface area (Å²) in [6.45, 7) is 0.455. The molecule has 6 heteroatoms. The Labute approximate surface area is 122 Å². The van der Waals surface area contributed by atoms with Crippen LogP contribution in [0.5, 0.6) is 0 Å². The Morgan fingerprint density at radius 2 is 1.70 bits per heavy atom. The second kappa shape index (κ2) is 7.91. The summed E-state index contributed by atoms with van der Waals surface area (Å²) in [5.74, 6) is 0. The first-order valence-electron chi connectivity index (χ1n) is 5.76. The van der Waals surface area contributed by atoms with Crippen LogP contribution in [0.1, 0.15) is 11.1 Å². The molecule has 0 saturated heterocycles. The van der Waals surface area contributed by atoms with Crippen LogP contribution in [0, 0.1) is 0 Å². The molecule has 0 aliphatic heterocycles. The fraction of sp³-hybridized carbons (Fsp3) is 0.0714. The number of halogens is 1. The normalized spacial score (nSPS) is 11.3. The molecular weight excluding hydrogens is 278 g/mol. The van der Waals surface area contributed by atoms with E-state index in [9.17, 15) is 0 Å². The summed E-state index contributed by atoms with van der Waals surface area (Å²) in [5, 5.41) is 23.8. The summed E-state index contributed by atoms with van der Waals surface area (Å²) in [7, 11) is 0. The number of aromatic nitrogens is 1. The predicted molar refractivity (Wildman–Crippen MR) is 70.8 cm³/mol. The van der Waals surface area contributed by atoms with E-state index < -0.39 is 0 Å². The highest BCUT2D eigenvalue weighted by molar-refractivity contribution is 5.99. The molecule has 0 amide bonds. The van der Waals surface area contributed by atoms with Gasteiger partial charge in [0.1, 0.15) is 0 Å². The lowest BCUT2D eigenvalue weighted by atomic mass is 10.1. The number of hydrogen-bond donors (Lipinski definition) is 2. The molecule has 20 heavy (non-hydrogen) atoms. The van der Waals surface area contributed by atoms with Crippen molar-refractivity contribution in [3.63, 3.8) is 0 Å². The summed E-state index contributed by atoms with van der Waals surface area (Å²) in [4.78, 5) is 0. The maximum atomic E-state index is 9.10. The van der Waals surface area contributed by atoms with E-state index >= 15 is 0 Å². The van der Waals surface area contributed by atoms with Gasteiger partial charge < -0.3 is 22.8 Å². The second-order valence-corrected chi connectivity index (χ2v) is 3.96. The van der Waals surface area contributed by atoms with Crippen molar-refractivity contribution in [2.45, 2.75) is 6.54 Å². The summed E-state index contributed by atoms with van der Waals surface area (Å²) in [6, 6.07) is 13.1. The number of nitrogens with zero attached hydrogens (tertiary/aromatic N) is 3. The number of oxime groups is 2. The topological polar surface area (TPSA) is 69.1 Å². The van der Waals surface area contributed by atoms with Crippen molar-refractivity contribution in [3.05, 3.63) is 66.0 Å². The summed E-state index contributed by atoms with van der Waals surface area (Å²) in [6.07, 6.45) is 5.00.